The lowest BCUT2D eigenvalue weighted by Gasteiger charge is -2.30. The number of ether oxygens (including phenoxy) is 1. The average Bonchev–Trinajstić information content (AvgIpc) is 2.65. The number of nitrogens with two attached hydrogens (primary N) is 1. The number of aromatic carboxylic acids is 2. The van der Waals surface area contributed by atoms with Gasteiger partial charge in [-0.2, -0.15) is 0 Å². The zero-order valence-corrected chi connectivity index (χ0v) is 14.0. The predicted molar refractivity (Wildman–Crippen MR) is 98.7 cm³/mol. The number of carboxylic acid groups (broad SMARTS) is 2. The Morgan fingerprint density at radius 3 is 2.19 bits per heavy atom. The molecule has 0 saturated heterocycles. The van der Waals surface area contributed by atoms with Gasteiger partial charge >= 0.3 is 11.9 Å². The molecular weight excluding hydrogens is 346 g/mol. The molecule has 1 heterocycles. The number of carboxylic acids is 2. The van der Waals surface area contributed by atoms with Gasteiger partial charge in [0, 0.05) is 28.8 Å². The van der Waals surface area contributed by atoms with Crippen LogP contribution in [0.4, 0.5) is 5.69 Å². The molecule has 27 heavy (non-hydrogen) atoms. The van der Waals surface area contributed by atoms with Crippen molar-refractivity contribution in [2.45, 2.75) is 5.92 Å². The van der Waals surface area contributed by atoms with Crippen molar-refractivity contribution in [3.63, 3.8) is 0 Å². The minimum atomic E-state index is -1.07. The Balaban J connectivity index is 2.00. The predicted octanol–water partition coefficient (Wildman–Crippen LogP) is 3.95. The quantitative estimate of drug-likeness (QED) is 0.477. The molecule has 0 amide bonds. The number of carbonyl (C=O) groups is 2. The average molecular weight is 361 g/mol. The van der Waals surface area contributed by atoms with Gasteiger partial charge in [0.1, 0.15) is 11.5 Å². The van der Waals surface area contributed by atoms with E-state index >= 15 is 0 Å². The summed E-state index contributed by atoms with van der Waals surface area (Å²) < 4.78 is 5.91. The van der Waals surface area contributed by atoms with Gasteiger partial charge in [0.25, 0.3) is 0 Å². The van der Waals surface area contributed by atoms with Crippen molar-refractivity contribution in [2.24, 2.45) is 0 Å². The Morgan fingerprint density at radius 1 is 0.815 bits per heavy atom. The van der Waals surface area contributed by atoms with Crippen LogP contribution in [0.5, 0.6) is 11.5 Å². The number of benzene rings is 3. The molecule has 0 saturated carbocycles. The van der Waals surface area contributed by atoms with E-state index < -0.39 is 17.9 Å². The van der Waals surface area contributed by atoms with Crippen LogP contribution >= 0.6 is 0 Å². The molecule has 0 aromatic heterocycles. The van der Waals surface area contributed by atoms with Crippen molar-refractivity contribution in [1.82, 2.24) is 0 Å². The Morgan fingerprint density at radius 2 is 1.48 bits per heavy atom. The minimum absolute atomic E-state index is 0.0892. The lowest BCUT2D eigenvalue weighted by Crippen LogP contribution is -2.16. The number of fused-ring (bicyclic) bond motifs is 2. The molecule has 0 radical (unpaired) electrons. The summed E-state index contributed by atoms with van der Waals surface area (Å²) in [6, 6.07) is 16.6. The molecule has 0 aliphatic carbocycles. The van der Waals surface area contributed by atoms with Crippen molar-refractivity contribution in [3.8, 4) is 11.5 Å². The fourth-order valence-electron chi connectivity index (χ4n) is 3.44. The fourth-order valence-corrected chi connectivity index (χ4v) is 3.44. The molecule has 0 spiro atoms. The van der Waals surface area contributed by atoms with Gasteiger partial charge in [0.2, 0.25) is 0 Å². The Labute approximate surface area is 154 Å². The highest BCUT2D eigenvalue weighted by atomic mass is 16.5. The molecule has 0 bridgehead atoms. The van der Waals surface area contributed by atoms with Crippen LogP contribution in [0.1, 0.15) is 43.3 Å². The normalized spacial score (nSPS) is 14.6. The highest BCUT2D eigenvalue weighted by molar-refractivity contribution is 5.91. The number of anilines is 1. The van der Waals surface area contributed by atoms with E-state index in [0.717, 1.165) is 5.56 Å². The van der Waals surface area contributed by atoms with E-state index in [1.807, 2.05) is 6.07 Å². The molecule has 4 N–H and O–H groups in total. The van der Waals surface area contributed by atoms with E-state index in [0.29, 0.717) is 28.3 Å². The third kappa shape index (κ3) is 2.77. The van der Waals surface area contributed by atoms with E-state index in [-0.39, 0.29) is 11.1 Å². The number of hydrogen-bond acceptors (Lipinski definition) is 4. The monoisotopic (exact) mass is 361 g/mol. The van der Waals surface area contributed by atoms with E-state index in [1.54, 1.807) is 42.5 Å². The summed E-state index contributed by atoms with van der Waals surface area (Å²) in [6.45, 7) is 0. The van der Waals surface area contributed by atoms with Crippen LogP contribution in [0, 0.1) is 0 Å². The standard InChI is InChI=1S/C21H15NO5/c22-12-6-8-16-18(10-12)27-17-9-11(20(23)24)5-7-15(17)19(16)13-3-1-2-4-14(13)21(25)26/h1-10,19H,22H2,(H,23,24)(H,25,26). The van der Waals surface area contributed by atoms with Crippen LogP contribution in [0.25, 0.3) is 0 Å². The first-order chi connectivity index (χ1) is 13.0. The maximum atomic E-state index is 11.8. The molecular formula is C21H15NO5. The highest BCUT2D eigenvalue weighted by Crippen LogP contribution is 2.48. The lowest BCUT2D eigenvalue weighted by atomic mass is 9.80. The Kier molecular flexibility index (Phi) is 3.81. The number of nitrogen functional groups attached to an aromatic ring is 1. The fraction of sp³-hybridized carbons (Fsp3) is 0.0476. The van der Waals surface area contributed by atoms with Gasteiger partial charge in [-0.05, 0) is 29.8 Å². The summed E-state index contributed by atoms with van der Waals surface area (Å²) in [4.78, 5) is 23.1. The third-order valence-electron chi connectivity index (χ3n) is 4.64. The number of rotatable bonds is 3. The van der Waals surface area contributed by atoms with Gasteiger partial charge in [0.15, 0.2) is 0 Å². The largest absolute Gasteiger partial charge is 0.478 e. The van der Waals surface area contributed by atoms with Gasteiger partial charge in [0.05, 0.1) is 11.1 Å². The van der Waals surface area contributed by atoms with Crippen LogP contribution in [0.2, 0.25) is 0 Å². The second-order valence-electron chi connectivity index (χ2n) is 6.28. The van der Waals surface area contributed by atoms with E-state index in [9.17, 15) is 19.8 Å². The third-order valence-corrected chi connectivity index (χ3v) is 4.64. The summed E-state index contributed by atoms with van der Waals surface area (Å²) in [5.74, 6) is -1.66. The molecule has 6 heteroatoms. The smallest absolute Gasteiger partial charge is 0.335 e. The van der Waals surface area contributed by atoms with Crippen molar-refractivity contribution >= 4 is 17.6 Å². The first kappa shape index (κ1) is 16.7. The topological polar surface area (TPSA) is 110 Å². The van der Waals surface area contributed by atoms with Crippen LogP contribution in [0.15, 0.2) is 60.7 Å². The molecule has 3 aromatic carbocycles. The molecule has 134 valence electrons. The molecule has 0 fully saturated rings. The first-order valence-electron chi connectivity index (χ1n) is 8.22. The SMILES string of the molecule is Nc1ccc2c(c1)Oc1cc(C(=O)O)ccc1C2c1ccccc1C(=O)O. The van der Waals surface area contributed by atoms with Gasteiger partial charge in [-0.15, -0.1) is 0 Å². The van der Waals surface area contributed by atoms with Gasteiger partial charge in [-0.3, -0.25) is 0 Å². The summed E-state index contributed by atoms with van der Waals surface area (Å²) >= 11 is 0. The van der Waals surface area contributed by atoms with Gasteiger partial charge < -0.3 is 20.7 Å². The maximum absolute atomic E-state index is 11.8. The molecule has 3 aromatic rings. The van der Waals surface area contributed by atoms with Gasteiger partial charge in [-0.1, -0.05) is 30.3 Å². The molecule has 1 atom stereocenters. The summed E-state index contributed by atoms with van der Waals surface area (Å²) in [7, 11) is 0. The van der Waals surface area contributed by atoms with Crippen LogP contribution in [0.3, 0.4) is 0 Å². The zero-order chi connectivity index (χ0) is 19.1. The van der Waals surface area contributed by atoms with Crippen molar-refractivity contribution in [1.29, 1.82) is 0 Å². The van der Waals surface area contributed by atoms with Crippen LogP contribution in [-0.2, 0) is 0 Å². The number of hydrogen-bond donors (Lipinski definition) is 3. The Hall–Kier alpha value is -3.80. The molecule has 1 aliphatic heterocycles. The van der Waals surface area contributed by atoms with E-state index in [1.165, 1.54) is 12.1 Å². The first-order valence-corrected chi connectivity index (χ1v) is 8.22. The van der Waals surface area contributed by atoms with E-state index in [2.05, 4.69) is 0 Å². The van der Waals surface area contributed by atoms with Crippen LogP contribution in [-0.4, -0.2) is 22.2 Å². The molecule has 1 unspecified atom stereocenters. The van der Waals surface area contributed by atoms with Crippen molar-refractivity contribution in [2.75, 3.05) is 5.73 Å². The summed E-state index contributed by atoms with van der Waals surface area (Å²) in [6.07, 6.45) is 0. The maximum Gasteiger partial charge on any atom is 0.335 e. The van der Waals surface area contributed by atoms with Crippen molar-refractivity contribution in [3.05, 3.63) is 88.5 Å². The zero-order valence-electron chi connectivity index (χ0n) is 14.0. The second kappa shape index (κ2) is 6.17. The van der Waals surface area contributed by atoms with Gasteiger partial charge in [-0.25, -0.2) is 9.59 Å². The van der Waals surface area contributed by atoms with E-state index in [4.69, 9.17) is 10.5 Å². The van der Waals surface area contributed by atoms with Crippen LogP contribution < -0.4 is 10.5 Å². The second-order valence-corrected chi connectivity index (χ2v) is 6.28. The molecule has 4 rings (SSSR count). The molecule has 6 nitrogen and oxygen atoms in total. The lowest BCUT2D eigenvalue weighted by molar-refractivity contribution is 0.0685. The highest BCUT2D eigenvalue weighted by Gasteiger charge is 2.31. The molecule has 1 aliphatic rings. The minimum Gasteiger partial charge on any atom is -0.478 e. The Bertz CT molecular complexity index is 1090. The summed E-state index contributed by atoms with van der Waals surface area (Å²) in [5, 5.41) is 18.9. The van der Waals surface area contributed by atoms with Crippen molar-refractivity contribution < 1.29 is 24.5 Å². The summed E-state index contributed by atoms with van der Waals surface area (Å²) in [5.41, 5.74) is 8.71.